The van der Waals surface area contributed by atoms with E-state index in [1.54, 1.807) is 0 Å². The summed E-state index contributed by atoms with van der Waals surface area (Å²) in [5.41, 5.74) is 7.60. The minimum absolute atomic E-state index is 0.618. The number of hydrogen-bond acceptors (Lipinski definition) is 5. The number of rotatable bonds is 3. The first-order valence-corrected chi connectivity index (χ1v) is 6.34. The fourth-order valence-corrected chi connectivity index (χ4v) is 2.10. The van der Waals surface area contributed by atoms with Crippen LogP contribution in [0.4, 0.5) is 5.82 Å². The first-order chi connectivity index (χ1) is 9.06. The molecule has 0 radical (unpaired) electrons. The summed E-state index contributed by atoms with van der Waals surface area (Å²) in [4.78, 5) is 13.5. The Labute approximate surface area is 113 Å². The van der Waals surface area contributed by atoms with Crippen LogP contribution >= 0.6 is 0 Å². The van der Waals surface area contributed by atoms with Crippen molar-refractivity contribution in [3.8, 4) is 11.5 Å². The smallest absolute Gasteiger partial charge is 0.180 e. The summed E-state index contributed by atoms with van der Waals surface area (Å²) < 4.78 is 0. The number of nitrogen functional groups attached to an aromatic ring is 1. The van der Waals surface area contributed by atoms with Gasteiger partial charge in [0.05, 0.1) is 0 Å². The van der Waals surface area contributed by atoms with Gasteiger partial charge in [0.15, 0.2) is 5.82 Å². The van der Waals surface area contributed by atoms with Gasteiger partial charge in [0.2, 0.25) is 0 Å². The predicted molar refractivity (Wildman–Crippen MR) is 76.7 cm³/mol. The predicted octanol–water partition coefficient (Wildman–Crippen LogP) is 2.31. The van der Waals surface area contributed by atoms with Crippen molar-refractivity contribution in [2.75, 3.05) is 5.43 Å². The lowest BCUT2D eigenvalue weighted by Crippen LogP contribution is -2.13. The normalized spacial score (nSPS) is 10.6. The summed E-state index contributed by atoms with van der Waals surface area (Å²) in [6.07, 6.45) is 2.66. The van der Waals surface area contributed by atoms with Gasteiger partial charge in [-0.05, 0) is 38.3 Å². The van der Waals surface area contributed by atoms with Crippen LogP contribution in [-0.2, 0) is 6.42 Å². The van der Waals surface area contributed by atoms with E-state index in [1.807, 2.05) is 27.0 Å². The van der Waals surface area contributed by atoms with Crippen molar-refractivity contribution in [3.63, 3.8) is 0 Å². The van der Waals surface area contributed by atoms with Crippen molar-refractivity contribution >= 4 is 5.82 Å². The zero-order valence-corrected chi connectivity index (χ0v) is 11.8. The Kier molecular flexibility index (Phi) is 3.76. The van der Waals surface area contributed by atoms with E-state index in [-0.39, 0.29) is 0 Å². The highest BCUT2D eigenvalue weighted by Crippen LogP contribution is 2.23. The number of aromatic nitrogens is 3. The van der Waals surface area contributed by atoms with Crippen molar-refractivity contribution in [3.05, 3.63) is 34.6 Å². The summed E-state index contributed by atoms with van der Waals surface area (Å²) in [5, 5.41) is 0. The van der Waals surface area contributed by atoms with Crippen LogP contribution in [0.1, 0.15) is 29.3 Å². The highest BCUT2D eigenvalue weighted by atomic mass is 15.3. The number of hydrogen-bond donors (Lipinski definition) is 2. The third-order valence-corrected chi connectivity index (χ3v) is 3.15. The molecule has 2 heterocycles. The molecule has 0 aliphatic rings. The average Bonchev–Trinajstić information content (AvgIpc) is 2.39. The van der Waals surface area contributed by atoms with Gasteiger partial charge in [-0.3, -0.25) is 4.98 Å². The Bertz CT molecular complexity index is 582. The molecule has 5 nitrogen and oxygen atoms in total. The molecule has 0 unspecified atom stereocenters. The zero-order chi connectivity index (χ0) is 14.0. The van der Waals surface area contributed by atoms with Crippen molar-refractivity contribution in [1.29, 1.82) is 0 Å². The van der Waals surface area contributed by atoms with E-state index < -0.39 is 0 Å². The summed E-state index contributed by atoms with van der Waals surface area (Å²) >= 11 is 0. The maximum Gasteiger partial charge on any atom is 0.180 e. The maximum absolute atomic E-state index is 5.52. The van der Waals surface area contributed by atoms with Crippen LogP contribution in [0.3, 0.4) is 0 Å². The maximum atomic E-state index is 5.52. The Balaban J connectivity index is 2.62. The van der Waals surface area contributed by atoms with E-state index in [4.69, 9.17) is 5.84 Å². The molecule has 0 saturated carbocycles. The Morgan fingerprint density at radius 3 is 2.53 bits per heavy atom. The topological polar surface area (TPSA) is 76.7 Å². The second-order valence-electron chi connectivity index (χ2n) is 4.64. The standard InChI is InChI=1S/C14H19N5/c1-5-11-10(4)13(19-15)18-14(17-11)12-9(3)6-8(2)7-16-12/h6-7H,5,15H2,1-4H3,(H,17,18,19). The van der Waals surface area contributed by atoms with Crippen molar-refractivity contribution < 1.29 is 0 Å². The fraction of sp³-hybridized carbons (Fsp3) is 0.357. The van der Waals surface area contributed by atoms with Crippen molar-refractivity contribution in [2.45, 2.75) is 34.1 Å². The van der Waals surface area contributed by atoms with Gasteiger partial charge in [0, 0.05) is 17.5 Å². The summed E-state index contributed by atoms with van der Waals surface area (Å²) in [6, 6.07) is 2.08. The van der Waals surface area contributed by atoms with Gasteiger partial charge in [-0.25, -0.2) is 15.8 Å². The number of nitrogens with zero attached hydrogens (tertiary/aromatic N) is 3. The molecule has 19 heavy (non-hydrogen) atoms. The van der Waals surface area contributed by atoms with Crippen LogP contribution in [0, 0.1) is 20.8 Å². The van der Waals surface area contributed by atoms with Gasteiger partial charge >= 0.3 is 0 Å². The van der Waals surface area contributed by atoms with Gasteiger partial charge in [-0.15, -0.1) is 0 Å². The molecule has 0 atom stereocenters. The first-order valence-electron chi connectivity index (χ1n) is 6.34. The lowest BCUT2D eigenvalue weighted by atomic mass is 10.1. The van der Waals surface area contributed by atoms with E-state index in [9.17, 15) is 0 Å². The van der Waals surface area contributed by atoms with Gasteiger partial charge < -0.3 is 5.43 Å². The zero-order valence-electron chi connectivity index (χ0n) is 11.8. The molecular weight excluding hydrogens is 238 g/mol. The molecule has 2 rings (SSSR count). The molecule has 2 aromatic heterocycles. The number of pyridine rings is 1. The van der Waals surface area contributed by atoms with E-state index in [0.717, 1.165) is 34.5 Å². The second kappa shape index (κ2) is 5.32. The van der Waals surface area contributed by atoms with Crippen LogP contribution in [0.2, 0.25) is 0 Å². The third-order valence-electron chi connectivity index (χ3n) is 3.15. The molecule has 2 aromatic rings. The highest BCUT2D eigenvalue weighted by molar-refractivity contribution is 5.59. The molecule has 0 aromatic carbocycles. The van der Waals surface area contributed by atoms with Crippen LogP contribution in [0.15, 0.2) is 12.3 Å². The summed E-state index contributed by atoms with van der Waals surface area (Å²) in [5.74, 6) is 6.80. The molecule has 3 N–H and O–H groups in total. The van der Waals surface area contributed by atoms with Gasteiger partial charge in [0.25, 0.3) is 0 Å². The van der Waals surface area contributed by atoms with Crippen LogP contribution in [0.5, 0.6) is 0 Å². The Morgan fingerprint density at radius 1 is 1.21 bits per heavy atom. The Hall–Kier alpha value is -2.01. The minimum atomic E-state index is 0.618. The van der Waals surface area contributed by atoms with Gasteiger partial charge in [-0.1, -0.05) is 13.0 Å². The monoisotopic (exact) mass is 257 g/mol. The van der Waals surface area contributed by atoms with Gasteiger partial charge in [0.1, 0.15) is 11.5 Å². The Morgan fingerprint density at radius 2 is 1.95 bits per heavy atom. The summed E-state index contributed by atoms with van der Waals surface area (Å²) in [7, 11) is 0. The average molecular weight is 257 g/mol. The third kappa shape index (κ3) is 2.56. The molecular formula is C14H19N5. The lowest BCUT2D eigenvalue weighted by molar-refractivity contribution is 0.965. The molecule has 0 bridgehead atoms. The minimum Gasteiger partial charge on any atom is -0.308 e. The lowest BCUT2D eigenvalue weighted by Gasteiger charge is -2.12. The van der Waals surface area contributed by atoms with Crippen LogP contribution in [-0.4, -0.2) is 15.0 Å². The largest absolute Gasteiger partial charge is 0.308 e. The molecule has 0 spiro atoms. The first kappa shape index (κ1) is 13.4. The highest BCUT2D eigenvalue weighted by Gasteiger charge is 2.13. The molecule has 0 saturated heterocycles. The molecule has 0 amide bonds. The SMILES string of the molecule is CCc1nc(-c2ncc(C)cc2C)nc(NN)c1C. The number of anilines is 1. The van der Waals surface area contributed by atoms with Crippen molar-refractivity contribution in [2.24, 2.45) is 5.84 Å². The number of aryl methyl sites for hydroxylation is 3. The van der Waals surface area contributed by atoms with Crippen molar-refractivity contribution in [1.82, 2.24) is 15.0 Å². The molecule has 100 valence electrons. The number of nitrogens with one attached hydrogen (secondary N) is 1. The van der Waals surface area contributed by atoms with Crippen LogP contribution < -0.4 is 11.3 Å². The fourth-order valence-electron chi connectivity index (χ4n) is 2.10. The molecule has 5 heteroatoms. The van der Waals surface area contributed by atoms with Gasteiger partial charge in [-0.2, -0.15) is 0 Å². The second-order valence-corrected chi connectivity index (χ2v) is 4.64. The molecule has 0 aliphatic carbocycles. The van der Waals surface area contributed by atoms with E-state index in [1.165, 1.54) is 0 Å². The molecule has 0 fully saturated rings. The number of hydrazine groups is 1. The van der Waals surface area contributed by atoms with E-state index >= 15 is 0 Å². The molecule has 0 aliphatic heterocycles. The number of nitrogens with two attached hydrogens (primary N) is 1. The van der Waals surface area contributed by atoms with E-state index in [2.05, 4.69) is 33.4 Å². The quantitative estimate of drug-likeness (QED) is 0.651. The van der Waals surface area contributed by atoms with Crippen LogP contribution in [0.25, 0.3) is 11.5 Å². The summed E-state index contributed by atoms with van der Waals surface area (Å²) in [6.45, 7) is 8.06. The van der Waals surface area contributed by atoms with E-state index in [0.29, 0.717) is 11.6 Å².